The van der Waals surface area contributed by atoms with Crippen molar-refractivity contribution in [2.75, 3.05) is 37.6 Å². The standard InChI is InChI=1S/C31H38FN5O4/c1-19(22-16-28(38)33-17-22)40-27-15-21(14-25-29(27)37(18-34-25)23-6-7-23)20-5-8-26(24(32)13-20)35-9-11-36(12-10-35)30(39)41-31(2,3)4/h5,8,13-15,18-19,22-23H,6-7,9-12,16-17H2,1-4H3,(H,33,38)/t19-,22?/m1/s1. The minimum absolute atomic E-state index is 0.0502. The van der Waals surface area contributed by atoms with Crippen LogP contribution in [0, 0.1) is 11.7 Å². The predicted molar refractivity (Wildman–Crippen MR) is 155 cm³/mol. The number of carbonyl (C=O) groups excluding carboxylic acids is 2. The van der Waals surface area contributed by atoms with Crippen LogP contribution in [0.5, 0.6) is 5.75 Å². The molecule has 2 aliphatic heterocycles. The van der Waals surface area contributed by atoms with E-state index in [1.165, 1.54) is 0 Å². The van der Waals surface area contributed by atoms with Gasteiger partial charge in [0.2, 0.25) is 5.91 Å². The second kappa shape index (κ2) is 10.5. The zero-order valence-electron chi connectivity index (χ0n) is 24.2. The molecule has 0 radical (unpaired) electrons. The fraction of sp³-hybridized carbons (Fsp3) is 0.516. The van der Waals surface area contributed by atoms with Gasteiger partial charge in [0.15, 0.2) is 0 Å². The van der Waals surface area contributed by atoms with E-state index in [-0.39, 0.29) is 29.8 Å². The first kappa shape index (κ1) is 27.4. The number of ether oxygens (including phenoxy) is 2. The van der Waals surface area contributed by atoms with E-state index in [1.54, 1.807) is 17.0 Å². The van der Waals surface area contributed by atoms with E-state index in [0.29, 0.717) is 56.6 Å². The van der Waals surface area contributed by atoms with Crippen molar-refractivity contribution in [1.82, 2.24) is 19.8 Å². The molecule has 1 aliphatic carbocycles. The summed E-state index contributed by atoms with van der Waals surface area (Å²) in [6.45, 7) is 10.1. The number of fused-ring (bicyclic) bond motifs is 1. The van der Waals surface area contributed by atoms with Crippen LogP contribution in [0.4, 0.5) is 14.9 Å². The number of rotatable bonds is 6. The highest BCUT2D eigenvalue weighted by Gasteiger charge is 2.31. The molecule has 2 amide bonds. The number of benzene rings is 2. The number of amides is 2. The summed E-state index contributed by atoms with van der Waals surface area (Å²) in [6, 6.07) is 9.66. The van der Waals surface area contributed by atoms with E-state index in [4.69, 9.17) is 9.47 Å². The van der Waals surface area contributed by atoms with Gasteiger partial charge in [-0.1, -0.05) is 6.07 Å². The summed E-state index contributed by atoms with van der Waals surface area (Å²) < 4.78 is 29.7. The van der Waals surface area contributed by atoms with Gasteiger partial charge in [0.1, 0.15) is 28.8 Å². The third-order valence-corrected chi connectivity index (χ3v) is 8.11. The van der Waals surface area contributed by atoms with Gasteiger partial charge in [0.05, 0.1) is 17.5 Å². The Morgan fingerprint density at radius 1 is 1.10 bits per heavy atom. The Bertz CT molecular complexity index is 1470. The van der Waals surface area contributed by atoms with Crippen molar-refractivity contribution in [3.63, 3.8) is 0 Å². The van der Waals surface area contributed by atoms with Gasteiger partial charge in [0, 0.05) is 51.1 Å². The van der Waals surface area contributed by atoms with Crippen LogP contribution in [0.3, 0.4) is 0 Å². The molecule has 3 heterocycles. The molecule has 2 saturated heterocycles. The van der Waals surface area contributed by atoms with E-state index >= 15 is 4.39 Å². The Morgan fingerprint density at radius 3 is 2.49 bits per heavy atom. The number of anilines is 1. The van der Waals surface area contributed by atoms with Gasteiger partial charge in [-0.05, 0) is 75.9 Å². The molecule has 3 fully saturated rings. The lowest BCUT2D eigenvalue weighted by Gasteiger charge is -2.36. The molecule has 2 aromatic carbocycles. The molecule has 1 saturated carbocycles. The van der Waals surface area contributed by atoms with Crippen LogP contribution in [-0.2, 0) is 9.53 Å². The predicted octanol–water partition coefficient (Wildman–Crippen LogP) is 5.14. The number of nitrogens with zero attached hydrogens (tertiary/aromatic N) is 4. The van der Waals surface area contributed by atoms with E-state index in [9.17, 15) is 9.59 Å². The molecule has 9 nitrogen and oxygen atoms in total. The molecule has 2 atom stereocenters. The molecule has 0 spiro atoms. The van der Waals surface area contributed by atoms with Gasteiger partial charge >= 0.3 is 6.09 Å². The van der Waals surface area contributed by atoms with E-state index in [0.717, 1.165) is 35.0 Å². The first-order chi connectivity index (χ1) is 19.6. The molecule has 1 N–H and O–H groups in total. The molecular weight excluding hydrogens is 525 g/mol. The molecule has 218 valence electrons. The molecule has 6 rings (SSSR count). The maximum absolute atomic E-state index is 15.5. The minimum atomic E-state index is -0.551. The van der Waals surface area contributed by atoms with Crippen LogP contribution in [0.2, 0.25) is 0 Å². The van der Waals surface area contributed by atoms with Crippen molar-refractivity contribution in [3.05, 3.63) is 42.5 Å². The van der Waals surface area contributed by atoms with Crippen LogP contribution in [0.25, 0.3) is 22.2 Å². The van der Waals surface area contributed by atoms with Crippen LogP contribution >= 0.6 is 0 Å². The summed E-state index contributed by atoms with van der Waals surface area (Å²) in [7, 11) is 0. The number of halogens is 1. The quantitative estimate of drug-likeness (QED) is 0.447. The van der Waals surface area contributed by atoms with Gasteiger partial charge in [-0.3, -0.25) is 4.79 Å². The SMILES string of the molecule is C[C@@H](Oc1cc(-c2ccc(N3CCN(C(=O)OC(C)(C)C)CC3)c(F)c2)cc2ncn(C3CC3)c12)C1CNC(=O)C1. The maximum Gasteiger partial charge on any atom is 0.410 e. The maximum atomic E-state index is 15.5. The summed E-state index contributed by atoms with van der Waals surface area (Å²) >= 11 is 0. The second-order valence-corrected chi connectivity index (χ2v) is 12.4. The fourth-order valence-electron chi connectivity index (χ4n) is 5.67. The van der Waals surface area contributed by atoms with E-state index in [2.05, 4.69) is 14.9 Å². The van der Waals surface area contributed by atoms with Gasteiger partial charge in [-0.15, -0.1) is 0 Å². The third kappa shape index (κ3) is 5.83. The number of carbonyl (C=O) groups is 2. The largest absolute Gasteiger partial charge is 0.488 e. The molecule has 1 aromatic heterocycles. The summed E-state index contributed by atoms with van der Waals surface area (Å²) in [5.41, 5.74) is 3.27. The van der Waals surface area contributed by atoms with Crippen molar-refractivity contribution >= 4 is 28.7 Å². The highest BCUT2D eigenvalue weighted by atomic mass is 19.1. The molecule has 10 heteroatoms. The topological polar surface area (TPSA) is 88.9 Å². The number of imidazole rings is 1. The number of nitrogens with one attached hydrogen (secondary N) is 1. The average Bonchev–Trinajstić information content (AvgIpc) is 3.52. The third-order valence-electron chi connectivity index (χ3n) is 8.11. The Hall–Kier alpha value is -3.82. The number of hydrogen-bond donors (Lipinski definition) is 1. The molecule has 1 unspecified atom stereocenters. The first-order valence-corrected chi connectivity index (χ1v) is 14.5. The number of hydrogen-bond acceptors (Lipinski definition) is 6. The molecular formula is C31H38FN5O4. The van der Waals surface area contributed by atoms with Gasteiger partial charge in [-0.2, -0.15) is 0 Å². The Balaban J connectivity index is 1.23. The summed E-state index contributed by atoms with van der Waals surface area (Å²) in [4.78, 5) is 32.5. The van der Waals surface area contributed by atoms with Gasteiger partial charge < -0.3 is 29.2 Å². The van der Waals surface area contributed by atoms with Gasteiger partial charge in [0.25, 0.3) is 0 Å². The van der Waals surface area contributed by atoms with E-state index in [1.807, 2.05) is 57.1 Å². The summed E-state index contributed by atoms with van der Waals surface area (Å²) in [5, 5.41) is 2.89. The van der Waals surface area contributed by atoms with Crippen molar-refractivity contribution in [2.24, 2.45) is 5.92 Å². The summed E-state index contributed by atoms with van der Waals surface area (Å²) in [6.07, 6.45) is 4.03. The Kier molecular flexibility index (Phi) is 7.03. The van der Waals surface area contributed by atoms with Gasteiger partial charge in [-0.25, -0.2) is 14.2 Å². The highest BCUT2D eigenvalue weighted by molar-refractivity contribution is 5.88. The minimum Gasteiger partial charge on any atom is -0.488 e. The molecule has 0 bridgehead atoms. The molecule has 3 aliphatic rings. The lowest BCUT2D eigenvalue weighted by Crippen LogP contribution is -2.50. The zero-order chi connectivity index (χ0) is 28.9. The fourth-order valence-corrected chi connectivity index (χ4v) is 5.67. The second-order valence-electron chi connectivity index (χ2n) is 12.4. The Morgan fingerprint density at radius 2 is 1.85 bits per heavy atom. The van der Waals surface area contributed by atoms with Crippen LogP contribution in [0.15, 0.2) is 36.7 Å². The zero-order valence-corrected chi connectivity index (χ0v) is 24.2. The van der Waals surface area contributed by atoms with Crippen LogP contribution < -0.4 is 15.0 Å². The van der Waals surface area contributed by atoms with E-state index < -0.39 is 5.60 Å². The normalized spacial score (nSPS) is 20.3. The smallest absolute Gasteiger partial charge is 0.410 e. The van der Waals surface area contributed by atoms with Crippen molar-refractivity contribution in [2.45, 2.75) is 64.7 Å². The molecule has 41 heavy (non-hydrogen) atoms. The number of piperazine rings is 1. The monoisotopic (exact) mass is 563 g/mol. The first-order valence-electron chi connectivity index (χ1n) is 14.5. The number of aromatic nitrogens is 2. The lowest BCUT2D eigenvalue weighted by molar-refractivity contribution is -0.119. The molecule has 3 aromatic rings. The van der Waals surface area contributed by atoms with Crippen LogP contribution in [0.1, 0.15) is 53.0 Å². The highest BCUT2D eigenvalue weighted by Crippen LogP contribution is 2.42. The summed E-state index contributed by atoms with van der Waals surface area (Å²) in [5.74, 6) is 0.528. The van der Waals surface area contributed by atoms with Crippen molar-refractivity contribution in [3.8, 4) is 16.9 Å². The Labute approximate surface area is 239 Å². The van der Waals surface area contributed by atoms with Crippen molar-refractivity contribution < 1.29 is 23.5 Å². The average molecular weight is 564 g/mol. The lowest BCUT2D eigenvalue weighted by atomic mass is 10.0. The van der Waals surface area contributed by atoms with Crippen LogP contribution in [-0.4, -0.2) is 70.9 Å². The van der Waals surface area contributed by atoms with Crippen molar-refractivity contribution in [1.29, 1.82) is 0 Å².